The highest BCUT2D eigenvalue weighted by atomic mass is 32.2. The number of tetrazole rings is 1. The molecule has 17 heteroatoms. The quantitative estimate of drug-likeness (QED) is 0.0514. The first kappa shape index (κ1) is 51.1. The zero-order chi connectivity index (χ0) is 53.8. The number of hydrogen-bond acceptors (Lipinski definition) is 11. The third-order valence-corrected chi connectivity index (χ3v) is 15.2. The number of aryl methyl sites for hydroxylation is 2. The largest absolute Gasteiger partial charge is 0.486 e. The van der Waals surface area contributed by atoms with Gasteiger partial charge in [-0.1, -0.05) is 189 Å². The van der Waals surface area contributed by atoms with Gasteiger partial charge < -0.3 is 24.3 Å². The molecular formula is C61H52N10O5S2. The van der Waals surface area contributed by atoms with E-state index in [1.807, 2.05) is 163 Å². The number of thiocarbonyl (C=S) groups is 1. The Morgan fingerprint density at radius 3 is 1.99 bits per heavy atom. The Morgan fingerprint density at radius 1 is 0.756 bits per heavy atom. The summed E-state index contributed by atoms with van der Waals surface area (Å²) in [5, 5.41) is 29.4. The molecule has 0 radical (unpaired) electrons. The smallest absolute Gasteiger partial charge is 0.356 e. The molecule has 11 rings (SSSR count). The van der Waals surface area contributed by atoms with Crippen LogP contribution < -0.4 is 15.4 Å². The number of benzene rings is 7. The summed E-state index contributed by atoms with van der Waals surface area (Å²) in [6.07, 6.45) is 2.09. The highest BCUT2D eigenvalue weighted by Crippen LogP contribution is 2.43. The standard InChI is InChI=1S/C61H52N10O5S2/c1-3-15-52-63-56(64-54(77)36-41-28-33-49-50(34-41)69(2)53(62-49)38-76-46-31-26-39(27-32-46)35-51-58(72)65-60(75)78-51)55(59(73)74)70(52)37-40-24-29-42(30-25-40)47-22-13-14-23-48(47)57-66-67-68-71(57)61(43-16-7-4-8-17-43,44-18-9-5-10-19-44)45-20-11-6-12-21-45/h4-14,16-34,51H,3,15,35-38H2,1-2H3,(H,64,77)(H,73,74)(H,65,72,75). The van der Waals surface area contributed by atoms with Crippen LogP contribution in [-0.2, 0) is 49.8 Å². The number of imide groups is 1. The lowest BCUT2D eigenvalue weighted by Crippen LogP contribution is -2.39. The minimum atomic E-state index is -1.12. The number of aromatic carboxylic acids is 1. The second-order valence-corrected chi connectivity index (χ2v) is 20.7. The highest BCUT2D eigenvalue weighted by molar-refractivity contribution is 8.15. The van der Waals surface area contributed by atoms with E-state index in [9.17, 15) is 19.5 Å². The Balaban J connectivity index is 0.812. The molecule has 4 heterocycles. The van der Waals surface area contributed by atoms with Gasteiger partial charge in [0.2, 0.25) is 5.91 Å². The number of carbonyl (C=O) groups is 3. The number of anilines is 1. The van der Waals surface area contributed by atoms with E-state index in [1.54, 1.807) is 4.57 Å². The molecule has 388 valence electrons. The van der Waals surface area contributed by atoms with E-state index >= 15 is 0 Å². The Morgan fingerprint density at radius 2 is 1.37 bits per heavy atom. The summed E-state index contributed by atoms with van der Waals surface area (Å²) in [4.78, 5) is 46.8. The molecule has 3 aromatic heterocycles. The van der Waals surface area contributed by atoms with Crippen molar-refractivity contribution in [3.05, 3.63) is 233 Å². The van der Waals surface area contributed by atoms with Crippen LogP contribution in [0.3, 0.4) is 0 Å². The minimum Gasteiger partial charge on any atom is -0.486 e. The Hall–Kier alpha value is -9.06. The van der Waals surface area contributed by atoms with Gasteiger partial charge in [0.05, 0.1) is 21.3 Å². The number of thioether (sulfide) groups is 1. The summed E-state index contributed by atoms with van der Waals surface area (Å²) in [6.45, 7) is 2.53. The lowest BCUT2D eigenvalue weighted by atomic mass is 9.77. The van der Waals surface area contributed by atoms with E-state index in [-0.39, 0.29) is 35.8 Å². The van der Waals surface area contributed by atoms with Crippen LogP contribution in [0.15, 0.2) is 182 Å². The number of carbonyl (C=O) groups excluding carboxylic acids is 2. The number of nitrogens with one attached hydrogen (secondary N) is 2. The summed E-state index contributed by atoms with van der Waals surface area (Å²) >= 11 is 6.90. The minimum absolute atomic E-state index is 0.0267. The maximum Gasteiger partial charge on any atom is 0.356 e. The number of carboxylic acid groups (broad SMARTS) is 1. The van der Waals surface area contributed by atoms with Crippen molar-refractivity contribution in [1.82, 2.24) is 44.6 Å². The second-order valence-electron chi connectivity index (χ2n) is 19.0. The summed E-state index contributed by atoms with van der Waals surface area (Å²) in [6, 6.07) is 60.5. The lowest BCUT2D eigenvalue weighted by Gasteiger charge is -2.36. The normalized spacial score (nSPS) is 13.4. The van der Waals surface area contributed by atoms with Crippen LogP contribution in [-0.4, -0.2) is 71.8 Å². The van der Waals surface area contributed by atoms with Crippen LogP contribution in [0.2, 0.25) is 0 Å². The molecule has 7 aromatic carbocycles. The van der Waals surface area contributed by atoms with Crippen LogP contribution >= 0.6 is 24.0 Å². The molecule has 1 unspecified atom stereocenters. The van der Waals surface area contributed by atoms with E-state index in [1.165, 1.54) is 0 Å². The van der Waals surface area contributed by atoms with Crippen LogP contribution in [0.4, 0.5) is 10.6 Å². The first-order chi connectivity index (χ1) is 38.1. The number of amides is 2. The molecule has 1 atom stereocenters. The maximum atomic E-state index is 13.2. The van der Waals surface area contributed by atoms with E-state index in [4.69, 9.17) is 37.2 Å². The molecule has 2 amide bonds. The van der Waals surface area contributed by atoms with Gasteiger partial charge in [-0.15, -0.1) is 5.10 Å². The predicted octanol–water partition coefficient (Wildman–Crippen LogP) is 11.1. The zero-order valence-electron chi connectivity index (χ0n) is 42.6. The van der Waals surface area contributed by atoms with E-state index in [0.29, 0.717) is 41.6 Å². The fraction of sp³-hybridized carbons (Fsp3) is 0.164. The molecule has 1 fully saturated rings. The predicted molar refractivity (Wildman–Crippen MR) is 306 cm³/mol. The molecule has 0 saturated carbocycles. The van der Waals surface area contributed by atoms with Crippen LogP contribution in [0.5, 0.6) is 5.75 Å². The SMILES string of the molecule is CCCc1nc(NC(=S)Cc2ccc3nc(COc4ccc(CC5SC(=O)NC5=O)cc4)n(C)c3c2)c(C(=O)O)n1Cc1ccc(-c2ccccc2-c2nnnn2C(c2ccccc2)(c2ccccc2)c2ccccc2)cc1. The van der Waals surface area contributed by atoms with Crippen molar-refractivity contribution in [3.63, 3.8) is 0 Å². The molecule has 1 aliphatic heterocycles. The Kier molecular flexibility index (Phi) is 14.6. The number of carboxylic acids is 1. The summed E-state index contributed by atoms with van der Waals surface area (Å²) in [7, 11) is 1.93. The lowest BCUT2D eigenvalue weighted by molar-refractivity contribution is -0.118. The van der Waals surface area contributed by atoms with Crippen molar-refractivity contribution in [3.8, 4) is 28.3 Å². The number of ether oxygens (including phenoxy) is 1. The number of aromatic nitrogens is 8. The van der Waals surface area contributed by atoms with Gasteiger partial charge in [-0.3, -0.25) is 14.9 Å². The topological polar surface area (TPSA) is 184 Å². The number of hydrogen-bond donors (Lipinski definition) is 3. The van der Waals surface area contributed by atoms with Crippen molar-refractivity contribution in [2.24, 2.45) is 7.05 Å². The van der Waals surface area contributed by atoms with Gasteiger partial charge in [-0.05, 0) is 92.0 Å². The van der Waals surface area contributed by atoms with Gasteiger partial charge in [0.25, 0.3) is 5.24 Å². The number of rotatable bonds is 19. The van der Waals surface area contributed by atoms with Gasteiger partial charge in [0, 0.05) is 32.0 Å². The number of imidazole rings is 2. The van der Waals surface area contributed by atoms with Crippen LogP contribution in [0, 0.1) is 0 Å². The average molecular weight is 1070 g/mol. The van der Waals surface area contributed by atoms with E-state index in [2.05, 4.69) is 58.3 Å². The first-order valence-electron chi connectivity index (χ1n) is 25.5. The molecule has 10 aromatic rings. The van der Waals surface area contributed by atoms with Crippen LogP contribution in [0.1, 0.15) is 68.9 Å². The fourth-order valence-electron chi connectivity index (χ4n) is 10.3. The van der Waals surface area contributed by atoms with Gasteiger partial charge in [-0.2, -0.15) is 0 Å². The maximum absolute atomic E-state index is 13.2. The van der Waals surface area contributed by atoms with Crippen molar-refractivity contribution in [2.45, 2.75) is 56.5 Å². The number of nitrogens with zero attached hydrogens (tertiary/aromatic N) is 8. The molecule has 15 nitrogen and oxygen atoms in total. The fourth-order valence-corrected chi connectivity index (χ4v) is 11.4. The van der Waals surface area contributed by atoms with Gasteiger partial charge in [0.15, 0.2) is 17.3 Å². The Bertz CT molecular complexity index is 3730. The molecule has 1 aliphatic rings. The Labute approximate surface area is 459 Å². The van der Waals surface area contributed by atoms with Gasteiger partial charge >= 0.3 is 5.97 Å². The average Bonchev–Trinajstić information content (AvgIpc) is 4.39. The third kappa shape index (κ3) is 10.2. The summed E-state index contributed by atoms with van der Waals surface area (Å²) in [5.41, 5.74) is 9.19. The molecular weight excluding hydrogens is 1020 g/mol. The van der Waals surface area contributed by atoms with E-state index < -0.39 is 16.8 Å². The number of fused-ring (bicyclic) bond motifs is 1. The molecule has 78 heavy (non-hydrogen) atoms. The highest BCUT2D eigenvalue weighted by Gasteiger charge is 2.42. The summed E-state index contributed by atoms with van der Waals surface area (Å²) < 4.78 is 11.8. The molecule has 0 bridgehead atoms. The molecule has 0 aliphatic carbocycles. The molecule has 0 spiro atoms. The second kappa shape index (κ2) is 22.3. The third-order valence-electron chi connectivity index (χ3n) is 14.0. The van der Waals surface area contributed by atoms with Crippen molar-refractivity contribution in [1.29, 1.82) is 0 Å². The van der Waals surface area contributed by atoms with Gasteiger partial charge in [-0.25, -0.2) is 19.4 Å². The zero-order valence-corrected chi connectivity index (χ0v) is 44.2. The van der Waals surface area contributed by atoms with Crippen LogP contribution in [0.25, 0.3) is 33.5 Å². The van der Waals surface area contributed by atoms with Crippen molar-refractivity contribution >= 4 is 62.9 Å². The monoisotopic (exact) mass is 1070 g/mol. The van der Waals surface area contributed by atoms with E-state index in [0.717, 1.165) is 85.1 Å². The summed E-state index contributed by atoms with van der Waals surface area (Å²) in [5.74, 6) is 1.40. The molecule has 3 N–H and O–H groups in total. The molecule has 1 saturated heterocycles. The van der Waals surface area contributed by atoms with Crippen molar-refractivity contribution in [2.75, 3.05) is 5.32 Å². The first-order valence-corrected chi connectivity index (χ1v) is 26.8. The van der Waals surface area contributed by atoms with Crippen molar-refractivity contribution < 1.29 is 24.2 Å². The van der Waals surface area contributed by atoms with Gasteiger partial charge in [0.1, 0.15) is 29.5 Å².